The predicted octanol–water partition coefficient (Wildman–Crippen LogP) is 4.09. The zero-order valence-electron chi connectivity index (χ0n) is 11.8. The van der Waals surface area contributed by atoms with Crippen LogP contribution in [0.3, 0.4) is 0 Å². The lowest BCUT2D eigenvalue weighted by molar-refractivity contribution is 0.461. The quantitative estimate of drug-likeness (QED) is 0.450. The average molecular weight is 286 g/mol. The van der Waals surface area contributed by atoms with Crippen molar-refractivity contribution in [2.45, 2.75) is 11.8 Å². The first-order valence-corrected chi connectivity index (χ1v) is 7.49. The van der Waals surface area contributed by atoms with Crippen LogP contribution < -0.4 is 0 Å². The lowest BCUT2D eigenvalue weighted by atomic mass is 9.61. The van der Waals surface area contributed by atoms with Crippen LogP contribution in [0.25, 0.3) is 0 Å². The number of aromatic hydroxyl groups is 2. The molecule has 0 saturated carbocycles. The number of phenols is 2. The van der Waals surface area contributed by atoms with Crippen LogP contribution in [0.5, 0.6) is 11.5 Å². The summed E-state index contributed by atoms with van der Waals surface area (Å²) in [6.45, 7) is 0. The highest BCUT2D eigenvalue weighted by Crippen LogP contribution is 2.57. The van der Waals surface area contributed by atoms with Crippen LogP contribution >= 0.6 is 0 Å². The number of hydrogen-bond acceptors (Lipinski definition) is 2. The van der Waals surface area contributed by atoms with Gasteiger partial charge in [-0.1, -0.05) is 42.5 Å². The summed E-state index contributed by atoms with van der Waals surface area (Å²) >= 11 is 0. The third-order valence-corrected chi connectivity index (χ3v) is 5.03. The van der Waals surface area contributed by atoms with Crippen molar-refractivity contribution in [2.24, 2.45) is 0 Å². The fourth-order valence-corrected chi connectivity index (χ4v) is 4.23. The maximum absolute atomic E-state index is 10.4. The Balaban J connectivity index is 1.93. The summed E-state index contributed by atoms with van der Waals surface area (Å²) < 4.78 is 0. The van der Waals surface area contributed by atoms with Crippen LogP contribution in [-0.2, 0) is 0 Å². The highest BCUT2D eigenvalue weighted by Gasteiger charge is 2.42. The Morgan fingerprint density at radius 2 is 1.27 bits per heavy atom. The normalized spacial score (nSPS) is 20.2. The van der Waals surface area contributed by atoms with E-state index in [0.717, 1.165) is 16.7 Å². The van der Waals surface area contributed by atoms with Gasteiger partial charge in [-0.25, -0.2) is 0 Å². The Labute approximate surface area is 128 Å². The minimum absolute atomic E-state index is 0.0491. The first-order valence-electron chi connectivity index (χ1n) is 7.49. The van der Waals surface area contributed by atoms with Crippen LogP contribution in [0.2, 0.25) is 0 Å². The zero-order valence-corrected chi connectivity index (χ0v) is 11.8. The molecule has 3 aliphatic rings. The Morgan fingerprint density at radius 3 is 2.09 bits per heavy atom. The van der Waals surface area contributed by atoms with E-state index >= 15 is 0 Å². The van der Waals surface area contributed by atoms with E-state index in [-0.39, 0.29) is 11.8 Å². The fraction of sp³-hybridized carbons (Fsp3) is 0.100. The molecule has 0 fully saturated rings. The van der Waals surface area contributed by atoms with Crippen molar-refractivity contribution in [2.75, 3.05) is 0 Å². The van der Waals surface area contributed by atoms with Gasteiger partial charge in [0.1, 0.15) is 11.5 Å². The summed E-state index contributed by atoms with van der Waals surface area (Å²) in [4.78, 5) is 0. The first-order chi connectivity index (χ1) is 10.8. The fourth-order valence-electron chi connectivity index (χ4n) is 4.23. The summed E-state index contributed by atoms with van der Waals surface area (Å²) in [6, 6.07) is 19.8. The third-order valence-electron chi connectivity index (χ3n) is 5.03. The van der Waals surface area contributed by atoms with Gasteiger partial charge in [0, 0.05) is 17.4 Å². The molecule has 3 aromatic rings. The molecule has 0 aliphatic heterocycles. The number of phenolic OH excluding ortho intramolecular Hbond substituents is 2. The standard InChI is InChI=1S/C20H14O2/c21-11-8-9-14-16(10-11)18-12-4-1-2-5-13(12)19(14)20-15(18)6-3-7-17(20)22/h1-10,18-19,21-22H. The second kappa shape index (κ2) is 3.92. The first kappa shape index (κ1) is 11.9. The van der Waals surface area contributed by atoms with Gasteiger partial charge in [-0.2, -0.15) is 0 Å². The van der Waals surface area contributed by atoms with Gasteiger partial charge < -0.3 is 10.2 Å². The van der Waals surface area contributed by atoms with E-state index in [0.29, 0.717) is 11.5 Å². The third kappa shape index (κ3) is 1.30. The van der Waals surface area contributed by atoms with E-state index in [1.165, 1.54) is 16.7 Å². The van der Waals surface area contributed by atoms with Crippen LogP contribution in [0.1, 0.15) is 45.2 Å². The molecule has 2 heteroatoms. The molecule has 2 N–H and O–H groups in total. The van der Waals surface area contributed by atoms with Crippen LogP contribution in [0.15, 0.2) is 60.7 Å². The number of benzene rings is 3. The molecular weight excluding hydrogens is 272 g/mol. The average Bonchev–Trinajstić information content (AvgIpc) is 2.54. The van der Waals surface area contributed by atoms with E-state index < -0.39 is 0 Å². The van der Waals surface area contributed by atoms with Crippen LogP contribution in [-0.4, -0.2) is 10.2 Å². The van der Waals surface area contributed by atoms with Gasteiger partial charge in [-0.15, -0.1) is 0 Å². The van der Waals surface area contributed by atoms with Crippen molar-refractivity contribution in [3.05, 3.63) is 94.0 Å². The van der Waals surface area contributed by atoms with Crippen molar-refractivity contribution < 1.29 is 10.2 Å². The Kier molecular flexibility index (Phi) is 2.11. The maximum atomic E-state index is 10.4. The Morgan fingerprint density at radius 1 is 0.591 bits per heavy atom. The molecule has 2 atom stereocenters. The van der Waals surface area contributed by atoms with Crippen molar-refractivity contribution in [3.8, 4) is 11.5 Å². The summed E-state index contributed by atoms with van der Waals surface area (Å²) in [5, 5.41) is 20.4. The van der Waals surface area contributed by atoms with E-state index in [1.807, 2.05) is 18.2 Å². The van der Waals surface area contributed by atoms with E-state index in [4.69, 9.17) is 0 Å². The minimum Gasteiger partial charge on any atom is -0.508 e. The minimum atomic E-state index is 0.0491. The molecule has 0 heterocycles. The molecule has 6 rings (SSSR count). The lowest BCUT2D eigenvalue weighted by Crippen LogP contribution is -2.27. The largest absolute Gasteiger partial charge is 0.508 e. The topological polar surface area (TPSA) is 40.5 Å². The summed E-state index contributed by atoms with van der Waals surface area (Å²) in [5.74, 6) is 0.796. The summed E-state index contributed by atoms with van der Waals surface area (Å²) in [6.07, 6.45) is 0. The van der Waals surface area contributed by atoms with Gasteiger partial charge >= 0.3 is 0 Å². The van der Waals surface area contributed by atoms with E-state index in [1.54, 1.807) is 12.1 Å². The molecule has 106 valence electrons. The van der Waals surface area contributed by atoms with Crippen LogP contribution in [0.4, 0.5) is 0 Å². The van der Waals surface area contributed by atoms with Gasteiger partial charge in [0.2, 0.25) is 0 Å². The monoisotopic (exact) mass is 286 g/mol. The molecule has 22 heavy (non-hydrogen) atoms. The Bertz CT molecular complexity index is 925. The second-order valence-corrected chi connectivity index (χ2v) is 6.09. The summed E-state index contributed by atoms with van der Waals surface area (Å²) in [5.41, 5.74) is 7.06. The molecule has 0 aromatic heterocycles. The van der Waals surface area contributed by atoms with Gasteiger partial charge in [0.05, 0.1) is 0 Å². The summed E-state index contributed by atoms with van der Waals surface area (Å²) in [7, 11) is 0. The van der Waals surface area contributed by atoms with Crippen LogP contribution in [0, 0.1) is 0 Å². The van der Waals surface area contributed by atoms with Crippen molar-refractivity contribution in [1.29, 1.82) is 0 Å². The number of hydrogen-bond donors (Lipinski definition) is 2. The van der Waals surface area contributed by atoms with Gasteiger partial charge in [-0.3, -0.25) is 0 Å². The van der Waals surface area contributed by atoms with Crippen molar-refractivity contribution in [3.63, 3.8) is 0 Å². The van der Waals surface area contributed by atoms with Gasteiger partial charge in [0.25, 0.3) is 0 Å². The molecule has 3 aliphatic carbocycles. The van der Waals surface area contributed by atoms with E-state index in [2.05, 4.69) is 30.3 Å². The molecule has 0 amide bonds. The highest BCUT2D eigenvalue weighted by molar-refractivity contribution is 5.70. The molecule has 0 saturated heterocycles. The van der Waals surface area contributed by atoms with E-state index in [9.17, 15) is 10.2 Å². The van der Waals surface area contributed by atoms with Crippen molar-refractivity contribution in [1.82, 2.24) is 0 Å². The molecule has 2 unspecified atom stereocenters. The molecule has 0 radical (unpaired) electrons. The number of rotatable bonds is 0. The molecule has 2 bridgehead atoms. The molecule has 3 aromatic carbocycles. The molecular formula is C20H14O2. The highest BCUT2D eigenvalue weighted by atomic mass is 16.3. The SMILES string of the molecule is Oc1ccc2c(c1)C1c3ccccc3C2c2c(O)cccc21. The van der Waals surface area contributed by atoms with Crippen molar-refractivity contribution >= 4 is 0 Å². The zero-order chi connectivity index (χ0) is 14.8. The maximum Gasteiger partial charge on any atom is 0.120 e. The molecule has 0 spiro atoms. The van der Waals surface area contributed by atoms with Gasteiger partial charge in [0.15, 0.2) is 0 Å². The van der Waals surface area contributed by atoms with Gasteiger partial charge in [-0.05, 0) is 46.0 Å². The smallest absolute Gasteiger partial charge is 0.120 e. The lowest BCUT2D eigenvalue weighted by Gasteiger charge is -2.42. The predicted molar refractivity (Wildman–Crippen MR) is 84.5 cm³/mol. The molecule has 2 nitrogen and oxygen atoms in total. The second-order valence-electron chi connectivity index (χ2n) is 6.09. The Hall–Kier alpha value is -2.74.